The van der Waals surface area contributed by atoms with Gasteiger partial charge in [-0.1, -0.05) is 48.5 Å². The molecule has 5 rings (SSSR count). The van der Waals surface area contributed by atoms with Gasteiger partial charge in [-0.05, 0) is 63.4 Å². The molecule has 3 aromatic rings. The van der Waals surface area contributed by atoms with Gasteiger partial charge in [0.05, 0.1) is 25.1 Å². The molecule has 5 N–H and O–H groups in total. The van der Waals surface area contributed by atoms with Crippen LogP contribution in [0.4, 0.5) is 0 Å². The molecule has 0 saturated heterocycles. The van der Waals surface area contributed by atoms with Crippen LogP contribution in [0.5, 0.6) is 0 Å². The number of nitrogens with one attached hydrogen (secondary N) is 1. The van der Waals surface area contributed by atoms with Gasteiger partial charge < -0.3 is 30.1 Å². The molecule has 1 aliphatic heterocycles. The van der Waals surface area contributed by atoms with E-state index < -0.39 is 36.4 Å². The SMILES string of the molecule is CN(C)C1(c2ccccc2)CCC2(CC1)OCCc1c2[nH]c2ccccc12.O=C(O)CC(O)(CC(=O)O)C(=O)O. The van der Waals surface area contributed by atoms with Crippen molar-refractivity contribution in [3.05, 3.63) is 71.4 Å². The number of benzene rings is 2. The van der Waals surface area contributed by atoms with Crippen LogP contribution in [-0.4, -0.2) is 74.5 Å². The first-order valence-corrected chi connectivity index (χ1v) is 13.3. The Labute approximate surface area is 232 Å². The molecule has 0 atom stereocenters. The molecule has 214 valence electrons. The fourth-order valence-electron chi connectivity index (χ4n) is 6.19. The highest BCUT2D eigenvalue weighted by atomic mass is 16.5. The van der Waals surface area contributed by atoms with Gasteiger partial charge in [0.15, 0.2) is 5.60 Å². The summed E-state index contributed by atoms with van der Waals surface area (Å²) in [7, 11) is 4.45. The lowest BCUT2D eigenvalue weighted by Crippen LogP contribution is -2.50. The third-order valence-corrected chi connectivity index (χ3v) is 8.34. The quantitative estimate of drug-likeness (QED) is 0.294. The van der Waals surface area contributed by atoms with Gasteiger partial charge in [0, 0.05) is 16.4 Å². The van der Waals surface area contributed by atoms with Crippen molar-refractivity contribution in [2.45, 2.75) is 61.7 Å². The second-order valence-electron chi connectivity index (χ2n) is 10.9. The Kier molecular flexibility index (Phi) is 8.34. The minimum absolute atomic E-state index is 0.0967. The number of aromatic amines is 1. The number of rotatable bonds is 7. The lowest BCUT2D eigenvalue weighted by molar-refractivity contribution is -0.170. The smallest absolute Gasteiger partial charge is 0.336 e. The zero-order valence-electron chi connectivity index (χ0n) is 22.7. The summed E-state index contributed by atoms with van der Waals surface area (Å²) in [6, 6.07) is 19.7. The molecule has 0 bridgehead atoms. The van der Waals surface area contributed by atoms with Crippen LogP contribution in [0, 0.1) is 0 Å². The molecular formula is C30H36N2O8. The number of aromatic nitrogens is 1. The normalized spacial score (nSPS) is 22.4. The molecule has 1 saturated carbocycles. The van der Waals surface area contributed by atoms with Crippen molar-refractivity contribution in [1.29, 1.82) is 0 Å². The van der Waals surface area contributed by atoms with Gasteiger partial charge >= 0.3 is 17.9 Å². The number of carboxylic acids is 3. The summed E-state index contributed by atoms with van der Waals surface area (Å²) in [5.41, 5.74) is 2.71. The Morgan fingerprint density at radius 1 is 0.900 bits per heavy atom. The minimum atomic E-state index is -2.74. The number of carboxylic acid groups (broad SMARTS) is 3. The average molecular weight is 553 g/mol. The number of carbonyl (C=O) groups is 3. The second-order valence-corrected chi connectivity index (χ2v) is 10.9. The van der Waals surface area contributed by atoms with E-state index >= 15 is 0 Å². The number of fused-ring (bicyclic) bond motifs is 4. The maximum Gasteiger partial charge on any atom is 0.336 e. The molecule has 1 fully saturated rings. The van der Waals surface area contributed by atoms with Gasteiger partial charge in [-0.25, -0.2) is 4.79 Å². The fourth-order valence-corrected chi connectivity index (χ4v) is 6.19. The molecule has 0 radical (unpaired) electrons. The molecule has 40 heavy (non-hydrogen) atoms. The van der Waals surface area contributed by atoms with Gasteiger partial charge in [0.2, 0.25) is 0 Å². The average Bonchev–Trinajstić information content (AvgIpc) is 3.29. The van der Waals surface area contributed by atoms with Crippen molar-refractivity contribution in [2.75, 3.05) is 20.7 Å². The maximum absolute atomic E-state index is 10.3. The monoisotopic (exact) mass is 552 g/mol. The zero-order chi connectivity index (χ0) is 29.1. The van der Waals surface area contributed by atoms with Crippen LogP contribution in [0.15, 0.2) is 54.6 Å². The number of H-pyrrole nitrogens is 1. The van der Waals surface area contributed by atoms with E-state index in [1.165, 1.54) is 27.7 Å². The van der Waals surface area contributed by atoms with Crippen LogP contribution in [0.3, 0.4) is 0 Å². The Hall–Kier alpha value is -3.73. The number of hydrogen-bond acceptors (Lipinski definition) is 6. The predicted molar refractivity (Wildman–Crippen MR) is 147 cm³/mol. The van der Waals surface area contributed by atoms with E-state index in [1.807, 2.05) is 0 Å². The number of nitrogens with zero attached hydrogens (tertiary/aromatic N) is 1. The molecule has 10 heteroatoms. The first-order chi connectivity index (χ1) is 18.9. The van der Waals surface area contributed by atoms with Crippen LogP contribution >= 0.6 is 0 Å². The van der Waals surface area contributed by atoms with Crippen LogP contribution < -0.4 is 0 Å². The molecule has 10 nitrogen and oxygen atoms in total. The molecule has 2 aliphatic rings. The lowest BCUT2D eigenvalue weighted by Gasteiger charge is -2.50. The van der Waals surface area contributed by atoms with E-state index in [9.17, 15) is 14.4 Å². The third kappa shape index (κ3) is 5.60. The second kappa shape index (κ2) is 11.4. The first-order valence-electron chi connectivity index (χ1n) is 13.3. The highest BCUT2D eigenvalue weighted by Gasteiger charge is 2.49. The molecule has 1 aliphatic carbocycles. The molecule has 1 spiro atoms. The summed E-state index contributed by atoms with van der Waals surface area (Å²) in [6.45, 7) is 0.829. The van der Waals surface area contributed by atoms with E-state index in [2.05, 4.69) is 78.6 Å². The number of aliphatic carboxylic acids is 3. The Morgan fingerprint density at radius 3 is 2.02 bits per heavy atom. The summed E-state index contributed by atoms with van der Waals surface area (Å²) in [5.74, 6) is -5.02. The lowest BCUT2D eigenvalue weighted by atomic mass is 9.68. The molecule has 1 aromatic heterocycles. The van der Waals surface area contributed by atoms with Crippen molar-refractivity contribution in [1.82, 2.24) is 9.88 Å². The highest BCUT2D eigenvalue weighted by molar-refractivity contribution is 5.88. The highest BCUT2D eigenvalue weighted by Crippen LogP contribution is 2.52. The predicted octanol–water partition coefficient (Wildman–Crippen LogP) is 3.72. The van der Waals surface area contributed by atoms with E-state index in [-0.39, 0.29) is 11.1 Å². The third-order valence-electron chi connectivity index (χ3n) is 8.34. The Morgan fingerprint density at radius 2 is 1.48 bits per heavy atom. The minimum Gasteiger partial charge on any atom is -0.481 e. The van der Waals surface area contributed by atoms with Crippen molar-refractivity contribution < 1.29 is 39.5 Å². The van der Waals surface area contributed by atoms with E-state index in [0.29, 0.717) is 0 Å². The topological polar surface area (TPSA) is 160 Å². The number of aliphatic hydroxyl groups is 1. The Bertz CT molecular complexity index is 1360. The summed E-state index contributed by atoms with van der Waals surface area (Å²) in [5, 5.41) is 35.2. The van der Waals surface area contributed by atoms with Crippen molar-refractivity contribution >= 4 is 28.8 Å². The molecule has 0 unspecified atom stereocenters. The van der Waals surface area contributed by atoms with E-state index in [0.717, 1.165) is 38.7 Å². The molecule has 0 amide bonds. The summed E-state index contributed by atoms with van der Waals surface area (Å²) in [6.07, 6.45) is 3.05. The van der Waals surface area contributed by atoms with E-state index in [1.54, 1.807) is 0 Å². The maximum atomic E-state index is 10.3. The Balaban J connectivity index is 0.000000243. The van der Waals surface area contributed by atoms with Crippen molar-refractivity contribution in [3.63, 3.8) is 0 Å². The van der Waals surface area contributed by atoms with Gasteiger partial charge in [0.25, 0.3) is 0 Å². The molecular weight excluding hydrogens is 516 g/mol. The summed E-state index contributed by atoms with van der Waals surface area (Å²) >= 11 is 0. The molecule has 2 aromatic carbocycles. The van der Waals surface area contributed by atoms with Crippen LogP contribution in [0.2, 0.25) is 0 Å². The van der Waals surface area contributed by atoms with Gasteiger partial charge in [-0.2, -0.15) is 0 Å². The van der Waals surface area contributed by atoms with E-state index in [4.69, 9.17) is 25.2 Å². The zero-order valence-corrected chi connectivity index (χ0v) is 22.7. The van der Waals surface area contributed by atoms with Crippen LogP contribution in [0.1, 0.15) is 55.3 Å². The number of para-hydroxylation sites is 1. The first kappa shape index (κ1) is 29.3. The fraction of sp³-hybridized carbons (Fsp3) is 0.433. The van der Waals surface area contributed by atoms with Crippen molar-refractivity contribution in [2.24, 2.45) is 0 Å². The van der Waals surface area contributed by atoms with Crippen LogP contribution in [0.25, 0.3) is 10.9 Å². The number of ether oxygens (including phenoxy) is 1. The van der Waals surface area contributed by atoms with Gasteiger partial charge in [0.1, 0.15) is 5.60 Å². The van der Waals surface area contributed by atoms with Crippen LogP contribution in [-0.2, 0) is 36.7 Å². The largest absolute Gasteiger partial charge is 0.481 e. The number of hydrogen-bond donors (Lipinski definition) is 5. The van der Waals surface area contributed by atoms with Gasteiger partial charge in [-0.3, -0.25) is 14.5 Å². The molecule has 2 heterocycles. The standard InChI is InChI=1S/C24H28N2O.C6H8O7/c1-26(2)23(18-8-4-3-5-9-18)13-15-24(16-14-23)22-20(12-17-27-24)19-10-6-7-11-21(19)25-22;7-3(8)1-6(13,5(11)12)2-4(9)10/h3-11,25H,12-17H2,1-2H3;13H,1-2H2,(H,7,8)(H,9,10)(H,11,12). The van der Waals surface area contributed by atoms with Crippen molar-refractivity contribution in [3.8, 4) is 0 Å². The summed E-state index contributed by atoms with van der Waals surface area (Å²) in [4.78, 5) is 36.6. The summed E-state index contributed by atoms with van der Waals surface area (Å²) < 4.78 is 6.52. The van der Waals surface area contributed by atoms with Gasteiger partial charge in [-0.15, -0.1) is 0 Å².